The first-order valence-electron chi connectivity index (χ1n) is 6.41. The van der Waals surface area contributed by atoms with Crippen LogP contribution in [0.2, 0.25) is 0 Å². The number of carboxylic acid groups (broad SMARTS) is 1. The maximum absolute atomic E-state index is 12.4. The Labute approximate surface area is 122 Å². The molecule has 0 saturated carbocycles. The second-order valence-corrected chi connectivity index (χ2v) is 6.24. The van der Waals surface area contributed by atoms with Crippen molar-refractivity contribution in [3.63, 3.8) is 0 Å². The van der Waals surface area contributed by atoms with E-state index in [0.717, 1.165) is 30.7 Å². The number of benzene rings is 1. The minimum absolute atomic E-state index is 0.167. The molecule has 0 aliphatic heterocycles. The smallest absolute Gasteiger partial charge is 0.321 e. The van der Waals surface area contributed by atoms with Gasteiger partial charge >= 0.3 is 5.97 Å². The number of carboxylic acids is 1. The molecular weight excluding hydrogens is 304 g/mol. The van der Waals surface area contributed by atoms with Gasteiger partial charge in [-0.1, -0.05) is 31.9 Å². The highest BCUT2D eigenvalue weighted by molar-refractivity contribution is 7.89. The fraction of sp³-hybridized carbons (Fsp3) is 0.462. The van der Waals surface area contributed by atoms with E-state index in [4.69, 9.17) is 5.11 Å². The van der Waals surface area contributed by atoms with Crippen LogP contribution >= 0.6 is 0 Å². The molecule has 1 rings (SSSR count). The average molecular weight is 321 g/mol. The van der Waals surface area contributed by atoms with Crippen molar-refractivity contribution in [2.75, 3.05) is 0 Å². The highest BCUT2D eigenvalue weighted by atomic mass is 32.2. The molecule has 2 N–H and O–H groups in total. The summed E-state index contributed by atoms with van der Waals surface area (Å²) in [5.74, 6) is -1.27. The molecule has 0 aliphatic carbocycles. The molecule has 0 aliphatic rings. The standard InChI is InChI=1S/C13H17F2NO4S/c1-2-3-4-11(13(17)18)16-21(19,20)10-7-5-9(6-8-10)12(14)15/h5-8,11-12,16H,2-4H2,1H3,(H,17,18)/t11-/m0/s1. The fourth-order valence-electron chi connectivity index (χ4n) is 1.69. The van der Waals surface area contributed by atoms with Crippen molar-refractivity contribution in [2.24, 2.45) is 0 Å². The van der Waals surface area contributed by atoms with Crippen molar-refractivity contribution in [3.05, 3.63) is 29.8 Å². The molecule has 0 radical (unpaired) electrons. The molecule has 0 bridgehead atoms. The number of alkyl halides is 2. The van der Waals surface area contributed by atoms with Crippen LogP contribution in [0, 0.1) is 0 Å². The molecule has 21 heavy (non-hydrogen) atoms. The summed E-state index contributed by atoms with van der Waals surface area (Å²) in [4.78, 5) is 10.8. The fourth-order valence-corrected chi connectivity index (χ4v) is 2.91. The number of carbonyl (C=O) groups is 1. The van der Waals surface area contributed by atoms with Gasteiger partial charge in [0, 0.05) is 5.56 Å². The summed E-state index contributed by atoms with van der Waals surface area (Å²) < 4.78 is 51.0. The number of sulfonamides is 1. The van der Waals surface area contributed by atoms with Gasteiger partial charge in [-0.15, -0.1) is 0 Å². The highest BCUT2D eigenvalue weighted by Gasteiger charge is 2.25. The van der Waals surface area contributed by atoms with E-state index >= 15 is 0 Å². The second-order valence-electron chi connectivity index (χ2n) is 4.52. The minimum Gasteiger partial charge on any atom is -0.480 e. The van der Waals surface area contributed by atoms with Crippen LogP contribution in [0.3, 0.4) is 0 Å². The van der Waals surface area contributed by atoms with Gasteiger partial charge in [0.1, 0.15) is 6.04 Å². The molecule has 8 heteroatoms. The first-order valence-corrected chi connectivity index (χ1v) is 7.89. The van der Waals surface area contributed by atoms with Crippen molar-refractivity contribution in [1.82, 2.24) is 4.72 Å². The molecule has 1 atom stereocenters. The lowest BCUT2D eigenvalue weighted by molar-refractivity contribution is -0.139. The average Bonchev–Trinajstić information content (AvgIpc) is 2.43. The zero-order valence-electron chi connectivity index (χ0n) is 11.4. The van der Waals surface area contributed by atoms with Gasteiger partial charge in [-0.25, -0.2) is 17.2 Å². The third-order valence-corrected chi connectivity index (χ3v) is 4.37. The molecule has 0 heterocycles. The van der Waals surface area contributed by atoms with E-state index in [0.29, 0.717) is 6.42 Å². The molecule has 0 unspecified atom stereocenters. The molecule has 0 spiro atoms. The molecule has 1 aromatic carbocycles. The van der Waals surface area contributed by atoms with Crippen LogP contribution in [-0.4, -0.2) is 25.5 Å². The van der Waals surface area contributed by atoms with Gasteiger partial charge in [0.15, 0.2) is 0 Å². The van der Waals surface area contributed by atoms with E-state index in [2.05, 4.69) is 4.72 Å². The van der Waals surface area contributed by atoms with Gasteiger partial charge in [-0.3, -0.25) is 4.79 Å². The molecule has 118 valence electrons. The lowest BCUT2D eigenvalue weighted by Crippen LogP contribution is -2.40. The van der Waals surface area contributed by atoms with Crippen LogP contribution in [0.4, 0.5) is 8.78 Å². The van der Waals surface area contributed by atoms with Gasteiger partial charge in [0.2, 0.25) is 10.0 Å². The molecule has 5 nitrogen and oxygen atoms in total. The zero-order valence-corrected chi connectivity index (χ0v) is 12.2. The first kappa shape index (κ1) is 17.5. The Bertz CT molecular complexity index is 572. The molecule has 0 fully saturated rings. The quantitative estimate of drug-likeness (QED) is 0.771. The maximum Gasteiger partial charge on any atom is 0.321 e. The Morgan fingerprint density at radius 3 is 2.29 bits per heavy atom. The minimum atomic E-state index is -4.05. The van der Waals surface area contributed by atoms with Gasteiger partial charge in [-0.2, -0.15) is 4.72 Å². The lowest BCUT2D eigenvalue weighted by atomic mass is 10.1. The summed E-state index contributed by atoms with van der Waals surface area (Å²) >= 11 is 0. The largest absolute Gasteiger partial charge is 0.480 e. The van der Waals surface area contributed by atoms with Crippen LogP contribution in [0.1, 0.15) is 38.2 Å². The van der Waals surface area contributed by atoms with E-state index in [1.165, 1.54) is 0 Å². The van der Waals surface area contributed by atoms with Gasteiger partial charge < -0.3 is 5.11 Å². The van der Waals surface area contributed by atoms with Crippen molar-refractivity contribution in [2.45, 2.75) is 43.5 Å². The Balaban J connectivity index is 2.91. The third-order valence-electron chi connectivity index (χ3n) is 2.88. The van der Waals surface area contributed by atoms with Crippen LogP contribution in [0.15, 0.2) is 29.2 Å². The van der Waals surface area contributed by atoms with E-state index in [1.54, 1.807) is 0 Å². The van der Waals surface area contributed by atoms with Crippen LogP contribution < -0.4 is 4.72 Å². The lowest BCUT2D eigenvalue weighted by Gasteiger charge is -2.14. The van der Waals surface area contributed by atoms with Crippen LogP contribution in [-0.2, 0) is 14.8 Å². The SMILES string of the molecule is CCCC[C@H](NS(=O)(=O)c1ccc(C(F)F)cc1)C(=O)O. The number of halogens is 2. The second kappa shape index (κ2) is 7.46. The van der Waals surface area contributed by atoms with Gasteiger partial charge in [-0.05, 0) is 18.6 Å². The Morgan fingerprint density at radius 2 is 1.86 bits per heavy atom. The monoisotopic (exact) mass is 321 g/mol. The molecule has 0 aromatic heterocycles. The predicted octanol–water partition coefficient (Wildman–Crippen LogP) is 2.55. The van der Waals surface area contributed by atoms with Crippen molar-refractivity contribution >= 4 is 16.0 Å². The number of hydrogen-bond acceptors (Lipinski definition) is 3. The number of unbranched alkanes of at least 4 members (excludes halogenated alkanes) is 1. The number of nitrogens with one attached hydrogen (secondary N) is 1. The van der Waals surface area contributed by atoms with E-state index < -0.39 is 28.5 Å². The summed E-state index contributed by atoms with van der Waals surface area (Å²) in [7, 11) is -4.05. The maximum atomic E-state index is 12.4. The van der Waals surface area contributed by atoms with Gasteiger partial charge in [0.25, 0.3) is 6.43 Å². The molecule has 0 amide bonds. The highest BCUT2D eigenvalue weighted by Crippen LogP contribution is 2.20. The van der Waals surface area contributed by atoms with E-state index in [1.807, 2.05) is 6.92 Å². The van der Waals surface area contributed by atoms with Crippen LogP contribution in [0.25, 0.3) is 0 Å². The van der Waals surface area contributed by atoms with E-state index in [-0.39, 0.29) is 16.9 Å². The topological polar surface area (TPSA) is 83.5 Å². The van der Waals surface area contributed by atoms with Crippen molar-refractivity contribution in [1.29, 1.82) is 0 Å². The summed E-state index contributed by atoms with van der Waals surface area (Å²) in [6.45, 7) is 1.86. The van der Waals surface area contributed by atoms with Crippen molar-refractivity contribution < 1.29 is 27.1 Å². The molecular formula is C13H17F2NO4S. The summed E-state index contributed by atoms with van der Waals surface area (Å²) in [6, 6.07) is 2.83. The summed E-state index contributed by atoms with van der Waals surface area (Å²) in [5.41, 5.74) is -0.297. The van der Waals surface area contributed by atoms with Gasteiger partial charge in [0.05, 0.1) is 4.90 Å². The Kier molecular flexibility index (Phi) is 6.22. The first-order chi connectivity index (χ1) is 9.77. The number of aliphatic carboxylic acids is 1. The molecule has 1 aromatic rings. The summed E-state index contributed by atoms with van der Waals surface area (Å²) in [5, 5.41) is 9.00. The Morgan fingerprint density at radius 1 is 1.29 bits per heavy atom. The predicted molar refractivity (Wildman–Crippen MR) is 72.7 cm³/mol. The number of rotatable bonds is 8. The summed E-state index contributed by atoms with van der Waals surface area (Å²) in [6.07, 6.45) is -1.23. The van der Waals surface area contributed by atoms with Crippen molar-refractivity contribution in [3.8, 4) is 0 Å². The molecule has 0 saturated heterocycles. The van der Waals surface area contributed by atoms with Crippen LogP contribution in [0.5, 0.6) is 0 Å². The third kappa shape index (κ3) is 5.05. The zero-order chi connectivity index (χ0) is 16.0. The normalized spacial score (nSPS) is 13.3. The Hall–Kier alpha value is -1.54. The number of hydrogen-bond donors (Lipinski definition) is 2. The van der Waals surface area contributed by atoms with E-state index in [9.17, 15) is 22.0 Å².